The molecule has 1 atom stereocenters. The lowest BCUT2D eigenvalue weighted by molar-refractivity contribution is -0.929. The number of carboxylic acid groups (broad SMARTS) is 1. The van der Waals surface area contributed by atoms with Gasteiger partial charge < -0.3 is 19.4 Å². The average molecular weight is 307 g/mol. The van der Waals surface area contributed by atoms with E-state index >= 15 is 0 Å². The van der Waals surface area contributed by atoms with E-state index in [0.29, 0.717) is 30.5 Å². The lowest BCUT2D eigenvalue weighted by atomic mass is 10.1. The summed E-state index contributed by atoms with van der Waals surface area (Å²) in [6.45, 7) is 12.7. The summed E-state index contributed by atoms with van der Waals surface area (Å²) in [5.41, 5.74) is 0.703. The van der Waals surface area contributed by atoms with Crippen LogP contribution >= 0.6 is 12.6 Å². The Kier molecular flexibility index (Phi) is 6.45. The van der Waals surface area contributed by atoms with Crippen molar-refractivity contribution in [3.8, 4) is 0 Å². The first-order chi connectivity index (χ1) is 9.99. The normalized spacial score (nSPS) is 12.6. The molecule has 0 unspecified atom stereocenters. The number of aliphatic carboxylic acids is 1. The Morgan fingerprint density at radius 2 is 1.86 bits per heavy atom. The van der Waals surface area contributed by atoms with Crippen LogP contribution < -0.4 is 5.11 Å². The van der Waals surface area contributed by atoms with E-state index in [0.717, 1.165) is 0 Å². The number of carboxylic acids is 1. The number of hydrogen-bond donors (Lipinski definition) is 2. The SMILES string of the molecule is C=CC[N+](CC=C)(CC=C)[C@@H](Cc1cnc(S)[nH]1)C(=O)[O-]. The molecule has 1 aromatic heterocycles. The fourth-order valence-corrected chi connectivity index (χ4v) is 2.74. The summed E-state index contributed by atoms with van der Waals surface area (Å²) in [5.74, 6) is -1.11. The van der Waals surface area contributed by atoms with Crippen LogP contribution in [0.1, 0.15) is 5.69 Å². The molecular formula is C15H21N3O2S. The lowest BCUT2D eigenvalue weighted by Crippen LogP contribution is -2.63. The Balaban J connectivity index is 3.16. The third-order valence-electron chi connectivity index (χ3n) is 3.44. The van der Waals surface area contributed by atoms with Gasteiger partial charge in [-0.3, -0.25) is 0 Å². The molecule has 0 aromatic carbocycles. The highest BCUT2D eigenvalue weighted by Crippen LogP contribution is 2.19. The molecule has 0 amide bonds. The van der Waals surface area contributed by atoms with E-state index in [2.05, 4.69) is 42.3 Å². The second-order valence-electron chi connectivity index (χ2n) is 4.90. The number of imidazole rings is 1. The van der Waals surface area contributed by atoms with Crippen molar-refractivity contribution in [3.05, 3.63) is 49.9 Å². The molecule has 0 radical (unpaired) electrons. The molecular weight excluding hydrogens is 286 g/mol. The number of nitrogens with one attached hydrogen (secondary N) is 1. The monoisotopic (exact) mass is 307 g/mol. The molecule has 1 heterocycles. The molecule has 0 aliphatic rings. The summed E-state index contributed by atoms with van der Waals surface area (Å²) in [5, 5.41) is 12.2. The van der Waals surface area contributed by atoms with Crippen LogP contribution in [0.5, 0.6) is 0 Å². The number of carbonyl (C=O) groups is 1. The maximum atomic E-state index is 11.7. The van der Waals surface area contributed by atoms with Gasteiger partial charge in [-0.1, -0.05) is 19.7 Å². The number of aromatic nitrogens is 2. The van der Waals surface area contributed by atoms with Gasteiger partial charge in [-0.2, -0.15) is 0 Å². The molecule has 21 heavy (non-hydrogen) atoms. The summed E-state index contributed by atoms with van der Waals surface area (Å²) in [6.07, 6.45) is 6.98. The van der Waals surface area contributed by atoms with Crippen LogP contribution in [0.15, 0.2) is 49.3 Å². The molecule has 0 spiro atoms. The number of quaternary nitrogens is 1. The van der Waals surface area contributed by atoms with Crippen LogP contribution in [0.3, 0.4) is 0 Å². The van der Waals surface area contributed by atoms with Crippen molar-refractivity contribution in [1.29, 1.82) is 0 Å². The van der Waals surface area contributed by atoms with Crippen molar-refractivity contribution < 1.29 is 14.4 Å². The smallest absolute Gasteiger partial charge is 0.162 e. The third-order valence-corrected chi connectivity index (χ3v) is 3.67. The molecule has 1 N–H and O–H groups in total. The van der Waals surface area contributed by atoms with Gasteiger partial charge in [-0.15, -0.1) is 12.6 Å². The minimum Gasteiger partial charge on any atom is -0.544 e. The first-order valence-corrected chi connectivity index (χ1v) is 7.06. The summed E-state index contributed by atoms with van der Waals surface area (Å²) < 4.78 is 0.236. The van der Waals surface area contributed by atoms with Gasteiger partial charge in [-0.05, 0) is 18.2 Å². The Labute approximate surface area is 130 Å². The number of H-pyrrole nitrogens is 1. The second kappa shape index (κ2) is 7.85. The Morgan fingerprint density at radius 3 is 2.19 bits per heavy atom. The highest BCUT2D eigenvalue weighted by Gasteiger charge is 2.35. The summed E-state index contributed by atoms with van der Waals surface area (Å²) in [7, 11) is 0. The number of carbonyl (C=O) groups excluding carboxylic acids is 1. The molecule has 1 aromatic rings. The van der Waals surface area contributed by atoms with Gasteiger partial charge in [0.05, 0.1) is 25.6 Å². The van der Waals surface area contributed by atoms with Crippen LogP contribution in [0.2, 0.25) is 0 Å². The van der Waals surface area contributed by atoms with E-state index < -0.39 is 12.0 Å². The molecule has 0 saturated heterocycles. The highest BCUT2D eigenvalue weighted by molar-refractivity contribution is 7.80. The topological polar surface area (TPSA) is 68.8 Å². The predicted molar refractivity (Wildman–Crippen MR) is 83.8 cm³/mol. The molecule has 1 rings (SSSR count). The molecule has 6 heteroatoms. The molecule has 114 valence electrons. The first-order valence-electron chi connectivity index (χ1n) is 6.61. The zero-order chi connectivity index (χ0) is 15.9. The predicted octanol–water partition coefficient (Wildman–Crippen LogP) is 0.734. The van der Waals surface area contributed by atoms with E-state index in [-0.39, 0.29) is 10.9 Å². The van der Waals surface area contributed by atoms with Crippen molar-refractivity contribution in [2.75, 3.05) is 19.6 Å². The lowest BCUT2D eigenvalue weighted by Gasteiger charge is -2.43. The molecule has 0 saturated carbocycles. The Morgan fingerprint density at radius 1 is 1.33 bits per heavy atom. The summed E-state index contributed by atoms with van der Waals surface area (Å²) in [4.78, 5) is 18.6. The van der Waals surface area contributed by atoms with Gasteiger partial charge in [0, 0.05) is 18.3 Å². The van der Waals surface area contributed by atoms with Crippen LogP contribution in [0.4, 0.5) is 0 Å². The van der Waals surface area contributed by atoms with Crippen LogP contribution in [0.25, 0.3) is 0 Å². The highest BCUT2D eigenvalue weighted by atomic mass is 32.1. The fraction of sp³-hybridized carbons (Fsp3) is 0.333. The molecule has 5 nitrogen and oxygen atoms in total. The minimum atomic E-state index is -1.11. The zero-order valence-electron chi connectivity index (χ0n) is 12.0. The number of rotatable bonds is 10. The van der Waals surface area contributed by atoms with Gasteiger partial charge in [0.1, 0.15) is 6.04 Å². The molecule has 0 bridgehead atoms. The van der Waals surface area contributed by atoms with Gasteiger partial charge in [-0.25, -0.2) is 4.98 Å². The van der Waals surface area contributed by atoms with Crippen molar-refractivity contribution in [2.24, 2.45) is 0 Å². The maximum absolute atomic E-state index is 11.7. The zero-order valence-corrected chi connectivity index (χ0v) is 12.9. The largest absolute Gasteiger partial charge is 0.544 e. The van der Waals surface area contributed by atoms with Crippen LogP contribution in [-0.2, 0) is 11.2 Å². The van der Waals surface area contributed by atoms with Crippen molar-refractivity contribution in [2.45, 2.75) is 17.6 Å². The second-order valence-corrected chi connectivity index (χ2v) is 5.33. The molecule has 0 fully saturated rings. The number of aromatic amines is 1. The van der Waals surface area contributed by atoms with Crippen molar-refractivity contribution in [3.63, 3.8) is 0 Å². The van der Waals surface area contributed by atoms with Gasteiger partial charge in [0.25, 0.3) is 0 Å². The van der Waals surface area contributed by atoms with E-state index in [4.69, 9.17) is 0 Å². The first kappa shape index (κ1) is 17.3. The van der Waals surface area contributed by atoms with E-state index in [9.17, 15) is 9.90 Å². The maximum Gasteiger partial charge on any atom is 0.162 e. The standard InChI is InChI=1S/C15H21N3O2S/c1-4-7-18(8-5-2,9-6-3)13(14(19)20)10-12-11-16-15(21)17-12/h4-6,11,13H,1-3,7-10H2,(H2-,16,17,19,20,21)/t13-/m0/s1. The van der Waals surface area contributed by atoms with Gasteiger partial charge in [0.2, 0.25) is 0 Å². The number of thiol groups is 1. The van der Waals surface area contributed by atoms with Crippen molar-refractivity contribution in [1.82, 2.24) is 9.97 Å². The number of hydrogen-bond acceptors (Lipinski definition) is 4. The Hall–Kier alpha value is -1.79. The number of nitrogens with zero attached hydrogens (tertiary/aromatic N) is 2. The van der Waals surface area contributed by atoms with Crippen molar-refractivity contribution >= 4 is 18.6 Å². The fourth-order valence-electron chi connectivity index (χ4n) is 2.54. The van der Waals surface area contributed by atoms with Crippen LogP contribution in [-0.4, -0.2) is 46.1 Å². The van der Waals surface area contributed by atoms with Gasteiger partial charge >= 0.3 is 0 Å². The third kappa shape index (κ3) is 4.34. The molecule has 0 aliphatic heterocycles. The van der Waals surface area contributed by atoms with E-state index in [1.165, 1.54) is 0 Å². The molecule has 0 aliphatic carbocycles. The summed E-state index contributed by atoms with van der Waals surface area (Å²) >= 11 is 4.09. The van der Waals surface area contributed by atoms with E-state index in [1.54, 1.807) is 24.4 Å². The Bertz CT molecular complexity index is 498. The van der Waals surface area contributed by atoms with Gasteiger partial charge in [0.15, 0.2) is 5.16 Å². The minimum absolute atomic E-state index is 0.236. The quantitative estimate of drug-likeness (QED) is 0.380. The van der Waals surface area contributed by atoms with Crippen LogP contribution in [0, 0.1) is 0 Å². The summed E-state index contributed by atoms with van der Waals surface area (Å²) in [6, 6.07) is -0.757. The average Bonchev–Trinajstić information content (AvgIpc) is 2.82. The van der Waals surface area contributed by atoms with E-state index in [1.807, 2.05) is 0 Å².